The van der Waals surface area contributed by atoms with Crippen molar-refractivity contribution in [1.29, 1.82) is 0 Å². The summed E-state index contributed by atoms with van der Waals surface area (Å²) in [5.74, 6) is 0. The van der Waals surface area contributed by atoms with Gasteiger partial charge in [0, 0.05) is 11.5 Å². The maximum Gasteiger partial charge on any atom is 0.0884 e. The minimum Gasteiger partial charge on any atom is -0.373 e. The Kier molecular flexibility index (Phi) is 4.82. The molecule has 102 valence electrons. The molecule has 1 atom stereocenters. The topological polar surface area (TPSA) is 21.3 Å². The van der Waals surface area contributed by atoms with Crippen molar-refractivity contribution in [3.8, 4) is 0 Å². The fourth-order valence-electron chi connectivity index (χ4n) is 3.27. The molecule has 2 rings (SSSR count). The summed E-state index contributed by atoms with van der Waals surface area (Å²) in [4.78, 5) is 1.45. The summed E-state index contributed by atoms with van der Waals surface area (Å²) >= 11 is 1.86. The number of rotatable bonds is 5. The van der Waals surface area contributed by atoms with Gasteiger partial charge in [0.25, 0.3) is 0 Å². The van der Waals surface area contributed by atoms with E-state index in [0.717, 1.165) is 6.61 Å². The third kappa shape index (κ3) is 2.63. The molecule has 0 aromatic carbocycles. The zero-order chi connectivity index (χ0) is 13.0. The number of aryl methyl sites for hydroxylation is 1. The van der Waals surface area contributed by atoms with Crippen LogP contribution in [-0.4, -0.2) is 19.3 Å². The van der Waals surface area contributed by atoms with Crippen LogP contribution in [-0.2, 0) is 4.74 Å². The van der Waals surface area contributed by atoms with Gasteiger partial charge >= 0.3 is 0 Å². The molecule has 1 fully saturated rings. The Labute approximate surface area is 115 Å². The number of likely N-dealkylation sites (N-methyl/N-ethyl adjacent to an activating group) is 1. The average Bonchev–Trinajstić information content (AvgIpc) is 2.78. The largest absolute Gasteiger partial charge is 0.373 e. The van der Waals surface area contributed by atoms with Crippen molar-refractivity contribution < 1.29 is 4.74 Å². The number of hydrogen-bond acceptors (Lipinski definition) is 3. The maximum atomic E-state index is 6.25. The van der Waals surface area contributed by atoms with Crippen molar-refractivity contribution >= 4 is 11.3 Å². The molecule has 1 aliphatic rings. The van der Waals surface area contributed by atoms with Gasteiger partial charge in [-0.3, -0.25) is 0 Å². The van der Waals surface area contributed by atoms with E-state index in [1.165, 1.54) is 42.5 Å². The predicted molar refractivity (Wildman–Crippen MR) is 78.3 cm³/mol. The van der Waals surface area contributed by atoms with E-state index < -0.39 is 0 Å². The summed E-state index contributed by atoms with van der Waals surface area (Å²) in [5, 5.41) is 5.72. The highest BCUT2D eigenvalue weighted by Crippen LogP contribution is 2.43. The van der Waals surface area contributed by atoms with Crippen molar-refractivity contribution in [1.82, 2.24) is 5.32 Å². The fraction of sp³-hybridized carbons (Fsp3) is 0.733. The lowest BCUT2D eigenvalue weighted by atomic mass is 9.78. The van der Waals surface area contributed by atoms with Gasteiger partial charge in [0.05, 0.1) is 11.6 Å². The van der Waals surface area contributed by atoms with Gasteiger partial charge in [0.15, 0.2) is 0 Å². The highest BCUT2D eigenvalue weighted by atomic mass is 32.1. The fourth-order valence-corrected chi connectivity index (χ4v) is 4.41. The zero-order valence-electron chi connectivity index (χ0n) is 11.8. The first kappa shape index (κ1) is 14.0. The molecule has 1 N–H and O–H groups in total. The van der Waals surface area contributed by atoms with Crippen LogP contribution in [0.5, 0.6) is 0 Å². The van der Waals surface area contributed by atoms with Crippen molar-refractivity contribution in [2.75, 3.05) is 13.7 Å². The van der Waals surface area contributed by atoms with Gasteiger partial charge in [-0.05, 0) is 50.7 Å². The molecule has 1 aromatic heterocycles. The van der Waals surface area contributed by atoms with Gasteiger partial charge in [-0.1, -0.05) is 19.3 Å². The minimum absolute atomic E-state index is 0.0113. The van der Waals surface area contributed by atoms with E-state index in [9.17, 15) is 0 Å². The van der Waals surface area contributed by atoms with Crippen LogP contribution in [0.15, 0.2) is 11.4 Å². The zero-order valence-corrected chi connectivity index (χ0v) is 12.6. The average molecular weight is 267 g/mol. The van der Waals surface area contributed by atoms with Gasteiger partial charge in [-0.15, -0.1) is 11.3 Å². The van der Waals surface area contributed by atoms with E-state index in [0.29, 0.717) is 6.04 Å². The van der Waals surface area contributed by atoms with E-state index in [1.807, 2.05) is 11.3 Å². The van der Waals surface area contributed by atoms with E-state index >= 15 is 0 Å². The molecule has 1 saturated carbocycles. The number of nitrogens with one attached hydrogen (secondary N) is 1. The lowest BCUT2D eigenvalue weighted by molar-refractivity contribution is -0.0892. The normalized spacial score (nSPS) is 20.8. The Hall–Kier alpha value is -0.380. The van der Waals surface area contributed by atoms with Crippen LogP contribution in [0.2, 0.25) is 0 Å². The second-order valence-electron chi connectivity index (χ2n) is 5.25. The molecule has 0 amide bonds. The second-order valence-corrected chi connectivity index (χ2v) is 6.20. The predicted octanol–water partition coefficient (Wildman–Crippen LogP) is 4.06. The molecule has 1 aliphatic carbocycles. The Balaban J connectivity index is 2.29. The van der Waals surface area contributed by atoms with Gasteiger partial charge < -0.3 is 10.1 Å². The van der Waals surface area contributed by atoms with E-state index in [4.69, 9.17) is 4.74 Å². The third-order valence-electron chi connectivity index (χ3n) is 4.11. The summed E-state index contributed by atoms with van der Waals surface area (Å²) in [6.45, 7) is 5.13. The monoisotopic (exact) mass is 267 g/mol. The molecule has 0 saturated heterocycles. The van der Waals surface area contributed by atoms with Crippen molar-refractivity contribution in [3.63, 3.8) is 0 Å². The Morgan fingerprint density at radius 1 is 1.39 bits per heavy atom. The summed E-state index contributed by atoms with van der Waals surface area (Å²) in [6.07, 6.45) is 6.31. The van der Waals surface area contributed by atoms with Crippen molar-refractivity contribution in [2.24, 2.45) is 0 Å². The standard InChI is InChI=1S/C15H25NOS/c1-4-17-15(9-6-5-7-10-15)14(16-3)13-12(2)8-11-18-13/h8,11,14,16H,4-7,9-10H2,1-3H3. The Bertz CT molecular complexity index is 363. The van der Waals surface area contributed by atoms with Crippen LogP contribution in [0, 0.1) is 6.92 Å². The number of thiophene rings is 1. The Morgan fingerprint density at radius 2 is 2.11 bits per heavy atom. The molecule has 1 aromatic rings. The Morgan fingerprint density at radius 3 is 2.61 bits per heavy atom. The molecule has 0 aliphatic heterocycles. The van der Waals surface area contributed by atoms with Crippen LogP contribution in [0.4, 0.5) is 0 Å². The molecule has 0 radical (unpaired) electrons. The summed E-state index contributed by atoms with van der Waals surface area (Å²) < 4.78 is 6.25. The molecule has 3 heteroatoms. The summed E-state index contributed by atoms with van der Waals surface area (Å²) in [5.41, 5.74) is 1.40. The first-order valence-corrected chi connectivity index (χ1v) is 7.96. The molecular formula is C15H25NOS. The second kappa shape index (κ2) is 6.18. The van der Waals surface area contributed by atoms with Crippen LogP contribution in [0.25, 0.3) is 0 Å². The first-order valence-electron chi connectivity index (χ1n) is 7.08. The van der Waals surface area contributed by atoms with Crippen LogP contribution < -0.4 is 5.32 Å². The molecule has 0 bridgehead atoms. The van der Waals surface area contributed by atoms with Gasteiger partial charge in [0.2, 0.25) is 0 Å². The molecule has 2 nitrogen and oxygen atoms in total. The molecule has 18 heavy (non-hydrogen) atoms. The minimum atomic E-state index is 0.0113. The maximum absolute atomic E-state index is 6.25. The van der Waals surface area contributed by atoms with E-state index in [-0.39, 0.29) is 5.60 Å². The summed E-state index contributed by atoms with van der Waals surface area (Å²) in [6, 6.07) is 2.56. The smallest absolute Gasteiger partial charge is 0.0884 e. The molecular weight excluding hydrogens is 242 g/mol. The lowest BCUT2D eigenvalue weighted by Gasteiger charge is -2.43. The van der Waals surface area contributed by atoms with Gasteiger partial charge in [-0.2, -0.15) is 0 Å². The van der Waals surface area contributed by atoms with Gasteiger partial charge in [0.1, 0.15) is 0 Å². The van der Waals surface area contributed by atoms with Crippen molar-refractivity contribution in [2.45, 2.75) is 57.6 Å². The molecule has 0 spiro atoms. The van der Waals surface area contributed by atoms with E-state index in [1.54, 1.807) is 0 Å². The SMILES string of the molecule is CCOC1(C(NC)c2sccc2C)CCCCC1. The highest BCUT2D eigenvalue weighted by Gasteiger charge is 2.41. The summed E-state index contributed by atoms with van der Waals surface area (Å²) in [7, 11) is 2.07. The third-order valence-corrected chi connectivity index (χ3v) is 5.19. The van der Waals surface area contributed by atoms with E-state index in [2.05, 4.69) is 37.7 Å². The quantitative estimate of drug-likeness (QED) is 0.869. The van der Waals surface area contributed by atoms with Crippen LogP contribution in [0.1, 0.15) is 55.5 Å². The van der Waals surface area contributed by atoms with Crippen LogP contribution >= 0.6 is 11.3 Å². The molecule has 1 unspecified atom stereocenters. The molecule has 1 heterocycles. The first-order chi connectivity index (χ1) is 8.73. The lowest BCUT2D eigenvalue weighted by Crippen LogP contribution is -2.46. The number of hydrogen-bond donors (Lipinski definition) is 1. The van der Waals surface area contributed by atoms with Gasteiger partial charge in [-0.25, -0.2) is 0 Å². The number of ether oxygens (including phenoxy) is 1. The van der Waals surface area contributed by atoms with Crippen LogP contribution in [0.3, 0.4) is 0 Å². The highest BCUT2D eigenvalue weighted by molar-refractivity contribution is 7.10. The van der Waals surface area contributed by atoms with Crippen molar-refractivity contribution in [3.05, 3.63) is 21.9 Å².